The monoisotopic (exact) mass is 168 g/mol. The highest BCUT2D eigenvalue weighted by Gasteiger charge is 2.05. The van der Waals surface area contributed by atoms with Crippen molar-refractivity contribution < 1.29 is 4.74 Å². The molecule has 0 heterocycles. The Morgan fingerprint density at radius 1 is 1.38 bits per heavy atom. The Labute approximate surface area is 77.7 Å². The largest absolute Gasteiger partial charge is 0.456 e. The second-order valence-electron chi connectivity index (χ2n) is 2.58. The minimum atomic E-state index is 0.794. The molecule has 0 fully saturated rings. The molecule has 1 nitrogen and oxygen atoms in total. The first-order valence-corrected chi connectivity index (χ1v) is 4.05. The third kappa shape index (κ3) is 2.00. The fourth-order valence-corrected chi connectivity index (χ4v) is 1.02. The molecule has 0 aromatic heterocycles. The van der Waals surface area contributed by atoms with Gasteiger partial charge in [-0.25, -0.2) is 0 Å². The maximum absolute atomic E-state index is 5.52. The van der Waals surface area contributed by atoms with Crippen LogP contribution in [-0.4, -0.2) is 0 Å². The van der Waals surface area contributed by atoms with E-state index in [1.807, 2.05) is 36.5 Å². The molecule has 0 radical (unpaired) electrons. The van der Waals surface area contributed by atoms with Crippen LogP contribution < -0.4 is 0 Å². The van der Waals surface area contributed by atoms with E-state index in [0.717, 1.165) is 11.9 Å². The maximum atomic E-state index is 5.52. The fourth-order valence-electron chi connectivity index (χ4n) is 1.02. The Balaban J connectivity index is 2.02. The van der Waals surface area contributed by atoms with Gasteiger partial charge >= 0.3 is 0 Å². The predicted molar refractivity (Wildman–Crippen MR) is 51.2 cm³/mol. The highest BCUT2D eigenvalue weighted by atomic mass is 16.5. The average Bonchev–Trinajstić information content (AvgIpc) is 2.21. The van der Waals surface area contributed by atoms with Crippen molar-refractivity contribution in [2.75, 3.05) is 0 Å². The minimum absolute atomic E-state index is 0.794. The molecule has 0 spiro atoms. The highest BCUT2D eigenvalue weighted by Crippen LogP contribution is 2.16. The highest BCUT2D eigenvalue weighted by molar-refractivity contribution is 5.31. The summed E-state index contributed by atoms with van der Waals surface area (Å²) in [4.78, 5) is 0. The van der Waals surface area contributed by atoms with Crippen molar-refractivity contribution in [3.8, 4) is 0 Å². The van der Waals surface area contributed by atoms with Crippen LogP contribution in [0.25, 0.3) is 0 Å². The van der Waals surface area contributed by atoms with Gasteiger partial charge in [0.1, 0.15) is 12.2 Å². The smallest absolute Gasteiger partial charge is 0.225 e. The molecule has 0 aromatic rings. The van der Waals surface area contributed by atoms with Crippen LogP contribution in [-0.2, 0) is 4.74 Å². The van der Waals surface area contributed by atoms with Crippen LogP contribution in [0.3, 0.4) is 0 Å². The lowest BCUT2D eigenvalue weighted by molar-refractivity contribution is 0.285. The van der Waals surface area contributed by atoms with E-state index in [0.29, 0.717) is 0 Å². The van der Waals surface area contributed by atoms with Gasteiger partial charge in [-0.3, -0.25) is 5.73 Å². The molecule has 2 aliphatic rings. The maximum Gasteiger partial charge on any atom is 0.225 e. The zero-order valence-electron chi connectivity index (χ0n) is 7.03. The van der Waals surface area contributed by atoms with Gasteiger partial charge in [-0.1, -0.05) is 6.08 Å². The zero-order chi connectivity index (χ0) is 8.93. The van der Waals surface area contributed by atoms with Crippen molar-refractivity contribution >= 4 is 0 Å². The summed E-state index contributed by atoms with van der Waals surface area (Å²) in [5.41, 5.74) is 2.95. The number of allylic oxidation sites excluding steroid dienone is 6. The molecule has 13 heavy (non-hydrogen) atoms. The number of ether oxygens (including phenoxy) is 1. The van der Waals surface area contributed by atoms with Gasteiger partial charge in [0.05, 0.1) is 12.2 Å². The number of rotatable bonds is 2. The molecule has 0 aromatic carbocycles. The van der Waals surface area contributed by atoms with Gasteiger partial charge in [0.2, 0.25) is 5.76 Å². The lowest BCUT2D eigenvalue weighted by Crippen LogP contribution is -1.97. The SMILES string of the molecule is C1=CC=C[C-](OC2=CC=C[C+]=C2)C=1. The Morgan fingerprint density at radius 3 is 3.08 bits per heavy atom. The molecule has 1 heteroatoms. The van der Waals surface area contributed by atoms with Crippen LogP contribution in [0.2, 0.25) is 0 Å². The van der Waals surface area contributed by atoms with Crippen molar-refractivity contribution in [1.29, 1.82) is 0 Å². The fraction of sp³-hybridized carbons (Fsp3) is 0. The molecule has 0 unspecified atom stereocenters. The summed E-state index contributed by atoms with van der Waals surface area (Å²) in [6.45, 7) is 0. The second-order valence-corrected chi connectivity index (χ2v) is 2.58. The predicted octanol–water partition coefficient (Wildman–Crippen LogP) is 2.63. The number of hydrogen-bond donors (Lipinski definition) is 0. The van der Waals surface area contributed by atoms with Crippen molar-refractivity contribution in [3.63, 3.8) is 0 Å². The Morgan fingerprint density at radius 2 is 2.38 bits per heavy atom. The topological polar surface area (TPSA) is 9.23 Å². The van der Waals surface area contributed by atoms with Crippen molar-refractivity contribution in [2.24, 2.45) is 0 Å². The summed E-state index contributed by atoms with van der Waals surface area (Å²) in [5, 5.41) is 0. The van der Waals surface area contributed by atoms with Gasteiger partial charge in [0.15, 0.2) is 0 Å². The van der Waals surface area contributed by atoms with Gasteiger partial charge in [0.25, 0.3) is 0 Å². The summed E-state index contributed by atoms with van der Waals surface area (Å²) < 4.78 is 5.52. The molecule has 0 aliphatic heterocycles. The van der Waals surface area contributed by atoms with Crippen molar-refractivity contribution in [2.45, 2.75) is 0 Å². The summed E-state index contributed by atoms with van der Waals surface area (Å²) in [7, 11) is 0. The van der Waals surface area contributed by atoms with Crippen LogP contribution in [0.4, 0.5) is 0 Å². The summed E-state index contributed by atoms with van der Waals surface area (Å²) >= 11 is 0. The Kier molecular flexibility index (Phi) is 2.16. The first-order valence-electron chi connectivity index (χ1n) is 4.05. The van der Waals surface area contributed by atoms with E-state index in [2.05, 4.69) is 11.8 Å². The lowest BCUT2D eigenvalue weighted by Gasteiger charge is -2.15. The van der Waals surface area contributed by atoms with Gasteiger partial charge < -0.3 is 4.74 Å². The Hall–Kier alpha value is -1.94. The van der Waals surface area contributed by atoms with E-state index in [1.165, 1.54) is 0 Å². The van der Waals surface area contributed by atoms with Gasteiger partial charge in [-0.15, -0.1) is 12.2 Å². The van der Waals surface area contributed by atoms with Crippen LogP contribution in [0.1, 0.15) is 0 Å². The van der Waals surface area contributed by atoms with Gasteiger partial charge in [-0.2, -0.15) is 6.08 Å². The third-order valence-corrected chi connectivity index (χ3v) is 1.59. The van der Waals surface area contributed by atoms with E-state index in [4.69, 9.17) is 4.74 Å². The van der Waals surface area contributed by atoms with Crippen molar-refractivity contribution in [3.05, 3.63) is 72.3 Å². The standard InChI is InChI=1S/C12H8O/c1-3-7-11(8-4-1)13-12-9-5-2-6-10-12/h1-3,5,7-10H. The van der Waals surface area contributed by atoms with Crippen LogP contribution in [0, 0.1) is 12.2 Å². The summed E-state index contributed by atoms with van der Waals surface area (Å²) in [5.74, 6) is 0.794. The van der Waals surface area contributed by atoms with E-state index in [-0.39, 0.29) is 0 Å². The van der Waals surface area contributed by atoms with E-state index < -0.39 is 0 Å². The van der Waals surface area contributed by atoms with E-state index >= 15 is 0 Å². The van der Waals surface area contributed by atoms with Crippen LogP contribution in [0.15, 0.2) is 60.1 Å². The normalized spacial score (nSPS) is 17.2. The third-order valence-electron chi connectivity index (χ3n) is 1.59. The summed E-state index contributed by atoms with van der Waals surface area (Å²) in [6.07, 6.45) is 18.6. The molecular weight excluding hydrogens is 160 g/mol. The number of hydrogen-bond acceptors (Lipinski definition) is 1. The van der Waals surface area contributed by atoms with Gasteiger partial charge in [0, 0.05) is 12.2 Å². The minimum Gasteiger partial charge on any atom is -0.456 e. The van der Waals surface area contributed by atoms with Gasteiger partial charge in [-0.05, 0) is 0 Å². The molecule has 2 rings (SSSR count). The lowest BCUT2D eigenvalue weighted by atomic mass is 10.2. The molecule has 2 aliphatic carbocycles. The first-order chi connectivity index (χ1) is 6.45. The molecule has 0 bridgehead atoms. The Bertz CT molecular complexity index is 361. The van der Waals surface area contributed by atoms with E-state index in [9.17, 15) is 0 Å². The van der Waals surface area contributed by atoms with Crippen LogP contribution >= 0.6 is 0 Å². The van der Waals surface area contributed by atoms with Crippen molar-refractivity contribution in [1.82, 2.24) is 0 Å². The van der Waals surface area contributed by atoms with Crippen LogP contribution in [0.5, 0.6) is 0 Å². The first kappa shape index (κ1) is 7.70. The molecule has 0 atom stereocenters. The van der Waals surface area contributed by atoms with E-state index in [1.54, 1.807) is 12.2 Å². The quantitative estimate of drug-likeness (QED) is 0.455. The molecular formula is C12H8O. The molecule has 0 saturated carbocycles. The zero-order valence-corrected chi connectivity index (χ0v) is 7.03. The average molecular weight is 168 g/mol. The second kappa shape index (κ2) is 3.64. The molecule has 62 valence electrons. The molecule has 0 N–H and O–H groups in total. The summed E-state index contributed by atoms with van der Waals surface area (Å²) in [6, 6.07) is 0. The molecule has 0 amide bonds. The molecule has 0 saturated heterocycles.